The number of nitrogens with zero attached hydrogens (tertiary/aromatic N) is 1. The van der Waals surface area contributed by atoms with Crippen LogP contribution in [0.5, 0.6) is 0 Å². The summed E-state index contributed by atoms with van der Waals surface area (Å²) in [6.07, 6.45) is 4.81. The molecule has 0 aromatic carbocycles. The monoisotopic (exact) mass is 286 g/mol. The van der Waals surface area contributed by atoms with E-state index in [2.05, 4.69) is 52.6 Å². The first-order chi connectivity index (χ1) is 7.58. The van der Waals surface area contributed by atoms with Gasteiger partial charge in [-0.05, 0) is 39.8 Å². The number of piperidine rings is 1. The number of rotatable bonds is 5. The molecule has 0 radical (unpaired) electrons. The molecule has 0 aliphatic carbocycles. The SMILES string of the molecule is C=C(Br)CNC1CCN(CC=C(C)C)CC1. The third kappa shape index (κ3) is 5.83. The molecule has 0 spiro atoms. The van der Waals surface area contributed by atoms with Crippen LogP contribution in [0, 0.1) is 0 Å². The van der Waals surface area contributed by atoms with Gasteiger partial charge in [-0.2, -0.15) is 0 Å². The van der Waals surface area contributed by atoms with Crippen LogP contribution in [0.2, 0.25) is 0 Å². The lowest BCUT2D eigenvalue weighted by molar-refractivity contribution is 0.217. The zero-order valence-corrected chi connectivity index (χ0v) is 12.0. The van der Waals surface area contributed by atoms with E-state index in [9.17, 15) is 0 Å². The predicted octanol–water partition coefficient (Wildman–Crippen LogP) is 2.92. The Morgan fingerprint density at radius 2 is 2.06 bits per heavy atom. The third-order valence-corrected chi connectivity index (χ3v) is 3.21. The lowest BCUT2D eigenvalue weighted by Crippen LogP contribution is -2.42. The highest BCUT2D eigenvalue weighted by atomic mass is 79.9. The van der Waals surface area contributed by atoms with E-state index < -0.39 is 0 Å². The number of likely N-dealkylation sites (tertiary alicyclic amines) is 1. The maximum absolute atomic E-state index is 3.84. The van der Waals surface area contributed by atoms with Gasteiger partial charge in [-0.1, -0.05) is 34.2 Å². The average molecular weight is 287 g/mol. The van der Waals surface area contributed by atoms with E-state index in [1.165, 1.54) is 31.5 Å². The highest BCUT2D eigenvalue weighted by Crippen LogP contribution is 2.11. The molecule has 0 saturated carbocycles. The number of hydrogen-bond donors (Lipinski definition) is 1. The Kier molecular flexibility index (Phi) is 6.32. The molecule has 1 saturated heterocycles. The van der Waals surface area contributed by atoms with Gasteiger partial charge in [-0.15, -0.1) is 0 Å². The molecule has 1 aliphatic heterocycles. The summed E-state index contributed by atoms with van der Waals surface area (Å²) in [5.74, 6) is 0. The Morgan fingerprint density at radius 3 is 2.56 bits per heavy atom. The first kappa shape index (κ1) is 13.9. The molecule has 1 heterocycles. The fourth-order valence-electron chi connectivity index (χ4n) is 1.89. The van der Waals surface area contributed by atoms with Gasteiger partial charge in [0.2, 0.25) is 0 Å². The summed E-state index contributed by atoms with van der Waals surface area (Å²) in [5, 5.41) is 3.52. The molecule has 1 rings (SSSR count). The molecule has 92 valence electrons. The van der Waals surface area contributed by atoms with Crippen LogP contribution in [0.1, 0.15) is 26.7 Å². The topological polar surface area (TPSA) is 15.3 Å². The summed E-state index contributed by atoms with van der Waals surface area (Å²) < 4.78 is 1.04. The maximum atomic E-state index is 3.84. The zero-order chi connectivity index (χ0) is 12.0. The molecule has 0 amide bonds. The average Bonchev–Trinajstić information content (AvgIpc) is 2.25. The Bertz CT molecular complexity index is 249. The molecule has 1 fully saturated rings. The van der Waals surface area contributed by atoms with E-state index in [1.807, 2.05) is 0 Å². The van der Waals surface area contributed by atoms with Crippen molar-refractivity contribution in [2.45, 2.75) is 32.7 Å². The lowest BCUT2D eigenvalue weighted by atomic mass is 10.1. The van der Waals surface area contributed by atoms with E-state index in [4.69, 9.17) is 0 Å². The zero-order valence-electron chi connectivity index (χ0n) is 10.4. The van der Waals surface area contributed by atoms with Gasteiger partial charge in [0.05, 0.1) is 0 Å². The highest BCUT2D eigenvalue weighted by molar-refractivity contribution is 9.11. The molecule has 0 aromatic heterocycles. The molecule has 3 heteroatoms. The molecule has 1 aliphatic rings. The third-order valence-electron chi connectivity index (χ3n) is 2.93. The molecular weight excluding hydrogens is 264 g/mol. The van der Waals surface area contributed by atoms with Crippen LogP contribution in [0.15, 0.2) is 22.7 Å². The quantitative estimate of drug-likeness (QED) is 0.782. The van der Waals surface area contributed by atoms with Crippen molar-refractivity contribution in [2.24, 2.45) is 0 Å². The fourth-order valence-corrected chi connectivity index (χ4v) is 2.05. The predicted molar refractivity (Wildman–Crippen MR) is 75.0 cm³/mol. The minimum Gasteiger partial charge on any atom is -0.309 e. The highest BCUT2D eigenvalue weighted by Gasteiger charge is 2.17. The second kappa shape index (κ2) is 7.25. The van der Waals surface area contributed by atoms with Crippen LogP contribution < -0.4 is 5.32 Å². The van der Waals surface area contributed by atoms with Crippen LogP contribution in [-0.4, -0.2) is 37.1 Å². The van der Waals surface area contributed by atoms with Crippen molar-refractivity contribution in [3.8, 4) is 0 Å². The Morgan fingerprint density at radius 1 is 1.44 bits per heavy atom. The van der Waals surface area contributed by atoms with Crippen molar-refractivity contribution < 1.29 is 0 Å². The molecular formula is C13H23BrN2. The van der Waals surface area contributed by atoms with Gasteiger partial charge in [-0.3, -0.25) is 4.90 Å². The first-order valence-electron chi connectivity index (χ1n) is 6.00. The van der Waals surface area contributed by atoms with E-state index >= 15 is 0 Å². The summed E-state index contributed by atoms with van der Waals surface area (Å²) >= 11 is 3.38. The molecule has 2 nitrogen and oxygen atoms in total. The Balaban J connectivity index is 2.18. The van der Waals surface area contributed by atoms with Crippen molar-refractivity contribution in [2.75, 3.05) is 26.2 Å². The number of halogens is 1. The van der Waals surface area contributed by atoms with Crippen molar-refractivity contribution in [1.82, 2.24) is 10.2 Å². The van der Waals surface area contributed by atoms with Gasteiger partial charge < -0.3 is 5.32 Å². The summed E-state index contributed by atoms with van der Waals surface area (Å²) in [7, 11) is 0. The first-order valence-corrected chi connectivity index (χ1v) is 6.79. The fraction of sp³-hybridized carbons (Fsp3) is 0.692. The van der Waals surface area contributed by atoms with Crippen LogP contribution in [0.3, 0.4) is 0 Å². The van der Waals surface area contributed by atoms with Gasteiger partial charge in [0, 0.05) is 23.6 Å². The van der Waals surface area contributed by atoms with Gasteiger partial charge in [0.1, 0.15) is 0 Å². The smallest absolute Gasteiger partial charge is 0.0268 e. The van der Waals surface area contributed by atoms with Crippen molar-refractivity contribution in [3.05, 3.63) is 22.7 Å². The van der Waals surface area contributed by atoms with Gasteiger partial charge in [0.15, 0.2) is 0 Å². The standard InChI is InChI=1S/C13H23BrN2/c1-11(2)4-7-16-8-5-13(6-9-16)15-10-12(3)14/h4,13,15H,3,5-10H2,1-2H3. The molecule has 0 atom stereocenters. The van der Waals surface area contributed by atoms with E-state index in [-0.39, 0.29) is 0 Å². The normalized spacial score (nSPS) is 18.4. The minimum atomic E-state index is 0.664. The van der Waals surface area contributed by atoms with Crippen molar-refractivity contribution in [1.29, 1.82) is 0 Å². The van der Waals surface area contributed by atoms with E-state index in [0.717, 1.165) is 17.6 Å². The molecule has 0 unspecified atom stereocenters. The van der Waals surface area contributed by atoms with Gasteiger partial charge >= 0.3 is 0 Å². The van der Waals surface area contributed by atoms with Gasteiger partial charge in [0.25, 0.3) is 0 Å². The second-order valence-corrected chi connectivity index (χ2v) is 5.88. The molecule has 0 aromatic rings. The van der Waals surface area contributed by atoms with Crippen molar-refractivity contribution in [3.63, 3.8) is 0 Å². The van der Waals surface area contributed by atoms with Crippen LogP contribution in [-0.2, 0) is 0 Å². The van der Waals surface area contributed by atoms with Crippen LogP contribution in [0.4, 0.5) is 0 Å². The van der Waals surface area contributed by atoms with Crippen molar-refractivity contribution >= 4 is 15.9 Å². The molecule has 1 N–H and O–H groups in total. The Labute approximate surface area is 108 Å². The summed E-state index contributed by atoms with van der Waals surface area (Å²) in [4.78, 5) is 2.52. The lowest BCUT2D eigenvalue weighted by Gasteiger charge is -2.31. The van der Waals surface area contributed by atoms with E-state index in [0.29, 0.717) is 6.04 Å². The van der Waals surface area contributed by atoms with Crippen LogP contribution >= 0.6 is 15.9 Å². The molecule has 0 bridgehead atoms. The number of nitrogens with one attached hydrogen (secondary N) is 1. The Hall–Kier alpha value is -0.120. The van der Waals surface area contributed by atoms with E-state index in [1.54, 1.807) is 0 Å². The summed E-state index contributed by atoms with van der Waals surface area (Å²) in [5.41, 5.74) is 1.41. The molecule has 16 heavy (non-hydrogen) atoms. The maximum Gasteiger partial charge on any atom is 0.0268 e. The number of allylic oxidation sites excluding steroid dienone is 1. The van der Waals surface area contributed by atoms with Crippen LogP contribution in [0.25, 0.3) is 0 Å². The summed E-state index contributed by atoms with van der Waals surface area (Å²) in [6, 6.07) is 0.664. The van der Waals surface area contributed by atoms with Gasteiger partial charge in [-0.25, -0.2) is 0 Å². The minimum absolute atomic E-state index is 0.664. The number of hydrogen-bond acceptors (Lipinski definition) is 2. The second-order valence-electron chi connectivity index (χ2n) is 4.75. The largest absolute Gasteiger partial charge is 0.309 e. The summed E-state index contributed by atoms with van der Waals surface area (Å²) in [6.45, 7) is 12.6.